The highest BCUT2D eigenvalue weighted by atomic mass is 32.1. The Kier molecular flexibility index (Phi) is 4.73. The molecule has 3 aromatic rings. The van der Waals surface area contributed by atoms with Gasteiger partial charge >= 0.3 is 0 Å². The first-order valence-electron chi connectivity index (χ1n) is 8.13. The maximum atomic E-state index is 12.5. The summed E-state index contributed by atoms with van der Waals surface area (Å²) in [6.07, 6.45) is 1.40. The lowest BCUT2D eigenvalue weighted by molar-refractivity contribution is -0.123. The van der Waals surface area contributed by atoms with E-state index in [-0.39, 0.29) is 23.8 Å². The molecule has 0 atom stereocenters. The van der Waals surface area contributed by atoms with Gasteiger partial charge < -0.3 is 5.32 Å². The molecule has 1 amide bonds. The first-order chi connectivity index (χ1) is 12.3. The van der Waals surface area contributed by atoms with Crippen LogP contribution in [0.3, 0.4) is 0 Å². The van der Waals surface area contributed by atoms with Crippen molar-refractivity contribution >= 4 is 38.9 Å². The van der Waals surface area contributed by atoms with E-state index >= 15 is 0 Å². The monoisotopic (exact) mass is 369 g/mol. The fourth-order valence-electron chi connectivity index (χ4n) is 2.31. The summed E-state index contributed by atoms with van der Waals surface area (Å²) in [6, 6.07) is 8.35. The number of nitrogens with zero attached hydrogens (tertiary/aromatic N) is 2. The second-order valence-electron chi connectivity index (χ2n) is 7.02. The number of anilines is 1. The van der Waals surface area contributed by atoms with Gasteiger partial charge in [0.1, 0.15) is 4.83 Å². The molecule has 1 aromatic carbocycles. The van der Waals surface area contributed by atoms with Gasteiger partial charge in [0.25, 0.3) is 5.56 Å². The van der Waals surface area contributed by atoms with Gasteiger partial charge in [-0.25, -0.2) is 4.98 Å². The number of hydrogen-bond acceptors (Lipinski definition) is 5. The first kappa shape index (κ1) is 18.0. The van der Waals surface area contributed by atoms with E-state index < -0.39 is 5.41 Å². The van der Waals surface area contributed by atoms with Gasteiger partial charge in [-0.15, -0.1) is 11.3 Å². The van der Waals surface area contributed by atoms with E-state index in [9.17, 15) is 14.4 Å². The van der Waals surface area contributed by atoms with Crippen molar-refractivity contribution in [1.82, 2.24) is 9.55 Å². The zero-order valence-corrected chi connectivity index (χ0v) is 15.6. The molecule has 0 saturated heterocycles. The van der Waals surface area contributed by atoms with Gasteiger partial charge in [0.2, 0.25) is 5.91 Å². The molecule has 0 aliphatic rings. The van der Waals surface area contributed by atoms with Crippen molar-refractivity contribution in [1.29, 1.82) is 0 Å². The van der Waals surface area contributed by atoms with Gasteiger partial charge in [0.05, 0.1) is 18.3 Å². The molecule has 0 saturated carbocycles. The molecule has 6 nitrogen and oxygen atoms in total. The standard InChI is InChI=1S/C19H19N3O3S/c1-19(2,3)18(25)21-13-6-4-12(5-7-13)15(23)10-22-11-20-16-14(17(22)24)8-9-26-16/h4-9,11H,10H2,1-3H3,(H,21,25). The van der Waals surface area contributed by atoms with E-state index in [0.29, 0.717) is 21.5 Å². The number of amides is 1. The van der Waals surface area contributed by atoms with E-state index in [0.717, 1.165) is 0 Å². The minimum Gasteiger partial charge on any atom is -0.326 e. The summed E-state index contributed by atoms with van der Waals surface area (Å²) in [4.78, 5) is 41.7. The third kappa shape index (κ3) is 3.72. The fraction of sp³-hybridized carbons (Fsp3) is 0.263. The fourth-order valence-corrected chi connectivity index (χ4v) is 3.03. The molecule has 2 heterocycles. The van der Waals surface area contributed by atoms with E-state index in [2.05, 4.69) is 10.3 Å². The molecule has 0 radical (unpaired) electrons. The van der Waals surface area contributed by atoms with Crippen LogP contribution >= 0.6 is 11.3 Å². The number of rotatable bonds is 4. The number of Topliss-reactive ketones (excluding diaryl/α,β-unsaturated/α-hetero) is 1. The van der Waals surface area contributed by atoms with Crippen molar-refractivity contribution in [2.75, 3.05) is 5.32 Å². The predicted molar refractivity (Wildman–Crippen MR) is 103 cm³/mol. The molecule has 134 valence electrons. The van der Waals surface area contributed by atoms with Crippen LogP contribution < -0.4 is 10.9 Å². The van der Waals surface area contributed by atoms with Gasteiger partial charge in [-0.1, -0.05) is 20.8 Å². The lowest BCUT2D eigenvalue weighted by Crippen LogP contribution is -2.27. The van der Waals surface area contributed by atoms with E-state index in [4.69, 9.17) is 0 Å². The van der Waals surface area contributed by atoms with Crippen LogP contribution in [0, 0.1) is 5.41 Å². The Morgan fingerprint density at radius 1 is 1.15 bits per heavy atom. The van der Waals surface area contributed by atoms with Crippen molar-refractivity contribution in [3.05, 3.63) is 58.0 Å². The van der Waals surface area contributed by atoms with Crippen LogP contribution in [0.1, 0.15) is 31.1 Å². The Hall–Kier alpha value is -2.80. The molecule has 7 heteroatoms. The van der Waals surface area contributed by atoms with Crippen molar-refractivity contribution in [3.63, 3.8) is 0 Å². The summed E-state index contributed by atoms with van der Waals surface area (Å²) in [5.41, 5.74) is 0.373. The molecule has 0 fully saturated rings. The molecule has 1 N–H and O–H groups in total. The smallest absolute Gasteiger partial charge is 0.262 e. The van der Waals surface area contributed by atoms with Gasteiger partial charge in [-0.3, -0.25) is 19.0 Å². The number of carbonyl (C=O) groups excluding carboxylic acids is 2. The molecule has 3 rings (SSSR count). The maximum Gasteiger partial charge on any atom is 0.262 e. The predicted octanol–water partition coefficient (Wildman–Crippen LogP) is 3.33. The van der Waals surface area contributed by atoms with Crippen molar-refractivity contribution in [2.45, 2.75) is 27.3 Å². The summed E-state index contributed by atoms with van der Waals surface area (Å²) < 4.78 is 1.31. The Balaban J connectivity index is 1.74. The average molecular weight is 369 g/mol. The lowest BCUT2D eigenvalue weighted by atomic mass is 9.95. The molecule has 0 bridgehead atoms. The van der Waals surface area contributed by atoms with Gasteiger partial charge in [-0.2, -0.15) is 0 Å². The number of ketones is 1. The summed E-state index contributed by atoms with van der Waals surface area (Å²) in [7, 11) is 0. The van der Waals surface area contributed by atoms with Crippen LogP contribution in [0.5, 0.6) is 0 Å². The Labute approximate surface area is 154 Å². The molecule has 2 aromatic heterocycles. The Bertz CT molecular complexity index is 1030. The quantitative estimate of drug-likeness (QED) is 0.715. The number of thiophene rings is 1. The third-order valence-electron chi connectivity index (χ3n) is 3.91. The highest BCUT2D eigenvalue weighted by Crippen LogP contribution is 2.18. The number of benzene rings is 1. The highest BCUT2D eigenvalue weighted by molar-refractivity contribution is 7.16. The first-order valence-corrected chi connectivity index (χ1v) is 9.01. The second-order valence-corrected chi connectivity index (χ2v) is 7.92. The number of carbonyl (C=O) groups is 2. The number of fused-ring (bicyclic) bond motifs is 1. The Morgan fingerprint density at radius 3 is 2.50 bits per heavy atom. The zero-order chi connectivity index (χ0) is 18.9. The molecule has 0 aliphatic carbocycles. The minimum atomic E-state index is -0.497. The van der Waals surface area contributed by atoms with Gasteiger partial charge in [0.15, 0.2) is 5.78 Å². The molecule has 26 heavy (non-hydrogen) atoms. The highest BCUT2D eigenvalue weighted by Gasteiger charge is 2.21. The molecule has 0 unspecified atom stereocenters. The van der Waals surface area contributed by atoms with E-state index in [1.807, 2.05) is 20.8 Å². The topological polar surface area (TPSA) is 81.1 Å². The van der Waals surface area contributed by atoms with Crippen LogP contribution in [-0.2, 0) is 11.3 Å². The summed E-state index contributed by atoms with van der Waals surface area (Å²) in [5.74, 6) is -0.296. The average Bonchev–Trinajstić information content (AvgIpc) is 3.06. The summed E-state index contributed by atoms with van der Waals surface area (Å²) in [5, 5.41) is 5.13. The van der Waals surface area contributed by atoms with E-state index in [1.54, 1.807) is 35.7 Å². The zero-order valence-electron chi connectivity index (χ0n) is 14.8. The van der Waals surface area contributed by atoms with Crippen LogP contribution in [0.4, 0.5) is 5.69 Å². The third-order valence-corrected chi connectivity index (χ3v) is 4.73. The van der Waals surface area contributed by atoms with Crippen molar-refractivity contribution in [3.8, 4) is 0 Å². The number of nitrogens with one attached hydrogen (secondary N) is 1. The molecule has 0 aliphatic heterocycles. The maximum absolute atomic E-state index is 12.5. The van der Waals surface area contributed by atoms with Crippen molar-refractivity contribution < 1.29 is 9.59 Å². The van der Waals surface area contributed by atoms with Gasteiger partial charge in [-0.05, 0) is 35.7 Å². The lowest BCUT2D eigenvalue weighted by Gasteiger charge is -2.17. The largest absolute Gasteiger partial charge is 0.326 e. The van der Waals surface area contributed by atoms with Crippen LogP contribution in [0.25, 0.3) is 10.2 Å². The SMILES string of the molecule is CC(C)(C)C(=O)Nc1ccc(C(=O)Cn2cnc3sccc3c2=O)cc1. The summed E-state index contributed by atoms with van der Waals surface area (Å²) >= 11 is 1.39. The van der Waals surface area contributed by atoms with Gasteiger partial charge in [0, 0.05) is 16.7 Å². The number of hydrogen-bond donors (Lipinski definition) is 1. The van der Waals surface area contributed by atoms with Crippen molar-refractivity contribution in [2.24, 2.45) is 5.41 Å². The van der Waals surface area contributed by atoms with Crippen LogP contribution in [-0.4, -0.2) is 21.2 Å². The minimum absolute atomic E-state index is 0.0781. The molecule has 0 spiro atoms. The number of aromatic nitrogens is 2. The van der Waals surface area contributed by atoms with Crippen LogP contribution in [0.15, 0.2) is 46.8 Å². The second kappa shape index (κ2) is 6.84. The Morgan fingerprint density at radius 2 is 1.85 bits per heavy atom. The van der Waals surface area contributed by atoms with Crippen LogP contribution in [0.2, 0.25) is 0 Å². The molecular formula is C19H19N3O3S. The normalized spacial score (nSPS) is 11.5. The molecular weight excluding hydrogens is 350 g/mol. The summed E-state index contributed by atoms with van der Waals surface area (Å²) in [6.45, 7) is 5.41. The van der Waals surface area contributed by atoms with E-state index in [1.165, 1.54) is 22.2 Å².